The number of hydrogen-bond donors (Lipinski definition) is 1. The fraction of sp³-hybridized carbons (Fsp3) is 0.0625. The van der Waals surface area contributed by atoms with Crippen molar-refractivity contribution in [2.24, 2.45) is 0 Å². The molecule has 0 aliphatic carbocycles. The fourth-order valence-corrected chi connectivity index (χ4v) is 3.15. The van der Waals surface area contributed by atoms with E-state index in [0.717, 1.165) is 16.3 Å². The number of aryl methyl sites for hydroxylation is 1. The van der Waals surface area contributed by atoms with Crippen molar-refractivity contribution in [2.75, 3.05) is 5.32 Å². The summed E-state index contributed by atoms with van der Waals surface area (Å²) >= 11 is 2.85. The highest BCUT2D eigenvalue weighted by atomic mass is 32.1. The van der Waals surface area contributed by atoms with Crippen molar-refractivity contribution < 1.29 is 9.18 Å². The molecule has 3 rings (SSSR count). The lowest BCUT2D eigenvalue weighted by molar-refractivity contribution is -0.111. The molecule has 0 atom stereocenters. The van der Waals surface area contributed by atoms with Gasteiger partial charge in [0.25, 0.3) is 0 Å². The van der Waals surface area contributed by atoms with Crippen LogP contribution >= 0.6 is 22.7 Å². The van der Waals surface area contributed by atoms with Crippen LogP contribution in [0, 0.1) is 12.7 Å². The largest absolute Gasteiger partial charge is 0.298 e. The van der Waals surface area contributed by atoms with Crippen LogP contribution in [0.3, 0.4) is 0 Å². The van der Waals surface area contributed by atoms with Gasteiger partial charge in [-0.15, -0.1) is 22.7 Å². The number of carbonyl (C=O) groups excluding carboxylic acids is 1. The molecule has 0 radical (unpaired) electrons. The van der Waals surface area contributed by atoms with E-state index in [1.165, 1.54) is 40.9 Å². The van der Waals surface area contributed by atoms with Crippen LogP contribution in [0.5, 0.6) is 0 Å². The number of nitrogens with zero attached hydrogens (tertiary/aromatic N) is 2. The Bertz CT molecular complexity index is 852. The molecule has 1 amide bonds. The first-order valence-corrected chi connectivity index (χ1v) is 8.49. The Kier molecular flexibility index (Phi) is 4.59. The van der Waals surface area contributed by atoms with Crippen molar-refractivity contribution >= 4 is 39.8 Å². The van der Waals surface area contributed by atoms with Gasteiger partial charge in [-0.1, -0.05) is 0 Å². The average Bonchev–Trinajstić information content (AvgIpc) is 3.15. The normalized spacial score (nSPS) is 11.0. The van der Waals surface area contributed by atoms with Crippen molar-refractivity contribution in [1.82, 2.24) is 9.97 Å². The lowest BCUT2D eigenvalue weighted by Crippen LogP contribution is -2.07. The van der Waals surface area contributed by atoms with E-state index in [1.54, 1.807) is 18.2 Å². The van der Waals surface area contributed by atoms with E-state index in [9.17, 15) is 9.18 Å². The van der Waals surface area contributed by atoms with E-state index in [2.05, 4.69) is 15.3 Å². The summed E-state index contributed by atoms with van der Waals surface area (Å²) < 4.78 is 12.9. The van der Waals surface area contributed by atoms with Crippen LogP contribution in [0.2, 0.25) is 0 Å². The minimum atomic E-state index is -0.292. The molecule has 1 N–H and O–H groups in total. The molecule has 0 unspecified atom stereocenters. The molecule has 0 bridgehead atoms. The number of thiazole rings is 2. The van der Waals surface area contributed by atoms with Gasteiger partial charge in [0.1, 0.15) is 5.82 Å². The molecule has 0 aliphatic heterocycles. The highest BCUT2D eigenvalue weighted by Gasteiger charge is 2.06. The van der Waals surface area contributed by atoms with Gasteiger partial charge >= 0.3 is 0 Å². The number of amides is 1. The van der Waals surface area contributed by atoms with Gasteiger partial charge in [-0.05, 0) is 37.3 Å². The number of hydrogen-bond acceptors (Lipinski definition) is 5. The molecule has 3 aromatic rings. The second-order valence-corrected chi connectivity index (χ2v) is 6.58. The second kappa shape index (κ2) is 6.80. The lowest BCUT2D eigenvalue weighted by atomic mass is 10.2. The molecule has 0 saturated heterocycles. The predicted octanol–water partition coefficient (Wildman–Crippen LogP) is 4.37. The summed E-state index contributed by atoms with van der Waals surface area (Å²) in [5, 5.41) is 7.85. The van der Waals surface area contributed by atoms with Crippen LogP contribution in [0.15, 0.2) is 41.1 Å². The maximum absolute atomic E-state index is 12.9. The van der Waals surface area contributed by atoms with Crippen molar-refractivity contribution in [3.05, 3.63) is 57.6 Å². The van der Waals surface area contributed by atoms with Gasteiger partial charge < -0.3 is 0 Å². The number of benzene rings is 1. The summed E-state index contributed by atoms with van der Waals surface area (Å²) in [4.78, 5) is 20.5. The van der Waals surface area contributed by atoms with Crippen LogP contribution in [-0.2, 0) is 4.79 Å². The number of carbonyl (C=O) groups is 1. The van der Waals surface area contributed by atoms with E-state index in [4.69, 9.17) is 0 Å². The zero-order valence-electron chi connectivity index (χ0n) is 12.1. The van der Waals surface area contributed by atoms with E-state index in [-0.39, 0.29) is 11.7 Å². The Morgan fingerprint density at radius 1 is 1.17 bits per heavy atom. The number of aromatic nitrogens is 2. The first kappa shape index (κ1) is 15.5. The molecular weight excluding hydrogens is 333 g/mol. The van der Waals surface area contributed by atoms with Gasteiger partial charge in [-0.25, -0.2) is 14.4 Å². The molecule has 2 aromatic heterocycles. The SMILES string of the molecule is Cc1nc(/C=C/C(=O)Nc2nc(-c3ccc(F)cc3)cs2)cs1. The summed E-state index contributed by atoms with van der Waals surface area (Å²) in [7, 11) is 0. The molecule has 0 fully saturated rings. The summed E-state index contributed by atoms with van der Waals surface area (Å²) in [5.41, 5.74) is 2.26. The van der Waals surface area contributed by atoms with Crippen LogP contribution < -0.4 is 5.32 Å². The zero-order chi connectivity index (χ0) is 16.2. The van der Waals surface area contributed by atoms with E-state index in [0.29, 0.717) is 10.8 Å². The van der Waals surface area contributed by atoms with Crippen LogP contribution in [0.25, 0.3) is 17.3 Å². The van der Waals surface area contributed by atoms with Crippen LogP contribution in [-0.4, -0.2) is 15.9 Å². The van der Waals surface area contributed by atoms with Crippen molar-refractivity contribution in [3.63, 3.8) is 0 Å². The minimum Gasteiger partial charge on any atom is -0.298 e. The van der Waals surface area contributed by atoms with Gasteiger partial charge in [-0.2, -0.15) is 0 Å². The molecule has 116 valence electrons. The van der Waals surface area contributed by atoms with Gasteiger partial charge in [0.15, 0.2) is 5.13 Å². The fourth-order valence-electron chi connectivity index (χ4n) is 1.85. The van der Waals surface area contributed by atoms with E-state index >= 15 is 0 Å². The van der Waals surface area contributed by atoms with Gasteiger partial charge in [0, 0.05) is 22.4 Å². The number of halogens is 1. The summed E-state index contributed by atoms with van der Waals surface area (Å²) in [6.07, 6.45) is 3.08. The standard InChI is InChI=1S/C16H12FN3OS2/c1-10-18-13(8-22-10)6-7-15(21)20-16-19-14(9-23-16)11-2-4-12(17)5-3-11/h2-9H,1H3,(H,19,20,21)/b7-6+. The Morgan fingerprint density at radius 2 is 1.96 bits per heavy atom. The van der Waals surface area contributed by atoms with E-state index < -0.39 is 0 Å². The minimum absolute atomic E-state index is 0.268. The lowest BCUT2D eigenvalue weighted by Gasteiger charge is -1.97. The third-order valence-electron chi connectivity index (χ3n) is 2.92. The molecule has 0 aliphatic rings. The Labute approximate surface area is 140 Å². The third-order valence-corrected chi connectivity index (χ3v) is 4.47. The first-order valence-electron chi connectivity index (χ1n) is 6.73. The average molecular weight is 345 g/mol. The molecule has 0 saturated carbocycles. The Hall–Kier alpha value is -2.38. The monoisotopic (exact) mass is 345 g/mol. The van der Waals surface area contributed by atoms with Crippen LogP contribution in [0.4, 0.5) is 9.52 Å². The highest BCUT2D eigenvalue weighted by molar-refractivity contribution is 7.14. The van der Waals surface area contributed by atoms with E-state index in [1.807, 2.05) is 17.7 Å². The number of anilines is 1. The molecule has 2 heterocycles. The number of nitrogens with one attached hydrogen (secondary N) is 1. The second-order valence-electron chi connectivity index (χ2n) is 4.66. The van der Waals surface area contributed by atoms with Gasteiger partial charge in [0.2, 0.25) is 5.91 Å². The zero-order valence-corrected chi connectivity index (χ0v) is 13.7. The predicted molar refractivity (Wildman–Crippen MR) is 92.0 cm³/mol. The molecule has 7 heteroatoms. The van der Waals surface area contributed by atoms with Crippen molar-refractivity contribution in [2.45, 2.75) is 6.92 Å². The summed E-state index contributed by atoms with van der Waals surface area (Å²) in [5.74, 6) is -0.560. The maximum Gasteiger partial charge on any atom is 0.250 e. The summed E-state index contributed by atoms with van der Waals surface area (Å²) in [6.45, 7) is 1.91. The highest BCUT2D eigenvalue weighted by Crippen LogP contribution is 2.25. The first-order chi connectivity index (χ1) is 11.1. The van der Waals surface area contributed by atoms with Gasteiger partial charge in [-0.3, -0.25) is 10.1 Å². The molecule has 4 nitrogen and oxygen atoms in total. The van der Waals surface area contributed by atoms with Crippen molar-refractivity contribution in [3.8, 4) is 11.3 Å². The topological polar surface area (TPSA) is 54.9 Å². The van der Waals surface area contributed by atoms with Crippen molar-refractivity contribution in [1.29, 1.82) is 0 Å². The van der Waals surface area contributed by atoms with Gasteiger partial charge in [0.05, 0.1) is 16.4 Å². The number of rotatable bonds is 4. The molecular formula is C16H12FN3OS2. The summed E-state index contributed by atoms with van der Waals surface area (Å²) in [6, 6.07) is 6.07. The molecule has 0 spiro atoms. The smallest absolute Gasteiger partial charge is 0.250 e. The van der Waals surface area contributed by atoms with Crippen LogP contribution in [0.1, 0.15) is 10.7 Å². The Morgan fingerprint density at radius 3 is 2.65 bits per heavy atom. The Balaban J connectivity index is 1.65. The third kappa shape index (κ3) is 4.08. The molecule has 23 heavy (non-hydrogen) atoms. The maximum atomic E-state index is 12.9. The quantitative estimate of drug-likeness (QED) is 0.715. The molecule has 1 aromatic carbocycles.